The summed E-state index contributed by atoms with van der Waals surface area (Å²) in [7, 11) is 0. The van der Waals surface area contributed by atoms with Gasteiger partial charge in [-0.1, -0.05) is 53.5 Å². The second kappa shape index (κ2) is 6.06. The highest BCUT2D eigenvalue weighted by molar-refractivity contribution is 6.36. The molecule has 0 saturated carbocycles. The van der Waals surface area contributed by atoms with Crippen LogP contribution >= 0.6 is 23.2 Å². The van der Waals surface area contributed by atoms with E-state index >= 15 is 0 Å². The molecule has 0 bridgehead atoms. The van der Waals surface area contributed by atoms with Crippen molar-refractivity contribution in [2.75, 3.05) is 5.32 Å². The van der Waals surface area contributed by atoms with Crippen molar-refractivity contribution in [2.45, 2.75) is 6.04 Å². The van der Waals surface area contributed by atoms with Crippen LogP contribution < -0.4 is 11.1 Å². The number of hydrogen-bond donors (Lipinski definition) is 2. The molecule has 1 atom stereocenters. The second-order valence-corrected chi connectivity index (χ2v) is 4.85. The van der Waals surface area contributed by atoms with Gasteiger partial charge in [-0.15, -0.1) is 0 Å². The van der Waals surface area contributed by atoms with Crippen LogP contribution in [0.15, 0.2) is 48.5 Å². The van der Waals surface area contributed by atoms with Crippen LogP contribution in [0.5, 0.6) is 0 Å². The molecule has 5 heteroatoms. The Labute approximate surface area is 121 Å². The average Bonchev–Trinajstić information content (AvgIpc) is 2.42. The van der Waals surface area contributed by atoms with Gasteiger partial charge in [-0.3, -0.25) is 4.79 Å². The highest BCUT2D eigenvalue weighted by Gasteiger charge is 2.16. The van der Waals surface area contributed by atoms with Crippen molar-refractivity contribution < 1.29 is 4.79 Å². The Hall–Kier alpha value is -1.55. The second-order valence-electron chi connectivity index (χ2n) is 4.00. The number of nitrogens with two attached hydrogens (primary N) is 1. The van der Waals surface area contributed by atoms with E-state index in [1.54, 1.807) is 30.3 Å². The summed E-state index contributed by atoms with van der Waals surface area (Å²) in [6.07, 6.45) is 0. The van der Waals surface area contributed by atoms with E-state index in [1.165, 1.54) is 0 Å². The van der Waals surface area contributed by atoms with E-state index in [0.717, 1.165) is 5.56 Å². The maximum Gasteiger partial charge on any atom is 0.245 e. The molecule has 3 N–H and O–H groups in total. The summed E-state index contributed by atoms with van der Waals surface area (Å²) in [5.41, 5.74) is 7.11. The highest BCUT2D eigenvalue weighted by atomic mass is 35.5. The summed E-state index contributed by atoms with van der Waals surface area (Å²) >= 11 is 11.8. The van der Waals surface area contributed by atoms with Gasteiger partial charge >= 0.3 is 0 Å². The van der Waals surface area contributed by atoms with Gasteiger partial charge in [-0.25, -0.2) is 0 Å². The summed E-state index contributed by atoms with van der Waals surface area (Å²) in [6.45, 7) is 0. The number of benzene rings is 2. The molecule has 0 aromatic heterocycles. The fourth-order valence-corrected chi connectivity index (χ4v) is 2.07. The summed E-state index contributed by atoms with van der Waals surface area (Å²) in [5.74, 6) is -0.324. The number of nitrogens with one attached hydrogen (secondary N) is 1. The first-order chi connectivity index (χ1) is 9.08. The molecule has 0 saturated heterocycles. The highest BCUT2D eigenvalue weighted by Crippen LogP contribution is 2.26. The van der Waals surface area contributed by atoms with Crippen LogP contribution in [0.2, 0.25) is 10.0 Å². The molecule has 0 radical (unpaired) electrons. The minimum Gasteiger partial charge on any atom is -0.323 e. The molecule has 2 aromatic rings. The molecule has 0 aliphatic carbocycles. The Morgan fingerprint density at radius 2 is 1.79 bits per heavy atom. The maximum absolute atomic E-state index is 12.0. The van der Waals surface area contributed by atoms with E-state index < -0.39 is 6.04 Å². The van der Waals surface area contributed by atoms with Gasteiger partial charge in [0.25, 0.3) is 0 Å². The topological polar surface area (TPSA) is 55.1 Å². The van der Waals surface area contributed by atoms with Crippen molar-refractivity contribution >= 4 is 34.8 Å². The van der Waals surface area contributed by atoms with Crippen LogP contribution in [0.4, 0.5) is 5.69 Å². The first-order valence-corrected chi connectivity index (χ1v) is 6.40. The molecule has 98 valence electrons. The van der Waals surface area contributed by atoms with Crippen LogP contribution in [0, 0.1) is 0 Å². The number of rotatable bonds is 3. The molecular formula is C14H12Cl2N2O. The molecule has 19 heavy (non-hydrogen) atoms. The molecule has 0 spiro atoms. The summed E-state index contributed by atoms with van der Waals surface area (Å²) < 4.78 is 0. The smallest absolute Gasteiger partial charge is 0.245 e. The summed E-state index contributed by atoms with van der Waals surface area (Å²) in [5, 5.41) is 3.57. The van der Waals surface area contributed by atoms with Crippen LogP contribution in [-0.4, -0.2) is 5.91 Å². The van der Waals surface area contributed by atoms with E-state index in [-0.39, 0.29) is 5.91 Å². The zero-order chi connectivity index (χ0) is 13.8. The lowest BCUT2D eigenvalue weighted by atomic mass is 10.1. The fraction of sp³-hybridized carbons (Fsp3) is 0.0714. The lowest BCUT2D eigenvalue weighted by Gasteiger charge is -2.13. The molecular weight excluding hydrogens is 283 g/mol. The number of amides is 1. The van der Waals surface area contributed by atoms with Gasteiger partial charge in [-0.05, 0) is 23.8 Å². The van der Waals surface area contributed by atoms with E-state index in [1.807, 2.05) is 18.2 Å². The molecule has 0 aliphatic rings. The lowest BCUT2D eigenvalue weighted by Crippen LogP contribution is -2.27. The summed E-state index contributed by atoms with van der Waals surface area (Å²) in [4.78, 5) is 12.0. The lowest BCUT2D eigenvalue weighted by molar-refractivity contribution is -0.117. The van der Waals surface area contributed by atoms with E-state index in [4.69, 9.17) is 28.9 Å². The Morgan fingerprint density at radius 3 is 2.42 bits per heavy atom. The third kappa shape index (κ3) is 3.47. The molecule has 0 fully saturated rings. The first kappa shape index (κ1) is 13.9. The molecule has 0 unspecified atom stereocenters. The fourth-order valence-electron chi connectivity index (χ4n) is 1.61. The number of anilines is 1. The minimum absolute atomic E-state index is 0.324. The third-order valence-corrected chi connectivity index (χ3v) is 3.18. The van der Waals surface area contributed by atoms with Gasteiger partial charge in [0.2, 0.25) is 5.91 Å². The van der Waals surface area contributed by atoms with Crippen LogP contribution in [0.1, 0.15) is 11.6 Å². The van der Waals surface area contributed by atoms with Gasteiger partial charge in [0.15, 0.2) is 0 Å². The van der Waals surface area contributed by atoms with Crippen molar-refractivity contribution in [1.29, 1.82) is 0 Å². The van der Waals surface area contributed by atoms with Gasteiger partial charge in [-0.2, -0.15) is 0 Å². The number of carbonyl (C=O) groups is 1. The van der Waals surface area contributed by atoms with Gasteiger partial charge in [0.1, 0.15) is 6.04 Å². The minimum atomic E-state index is -0.743. The quantitative estimate of drug-likeness (QED) is 0.908. The van der Waals surface area contributed by atoms with E-state index in [9.17, 15) is 4.79 Å². The zero-order valence-corrected chi connectivity index (χ0v) is 11.4. The summed E-state index contributed by atoms with van der Waals surface area (Å²) in [6, 6.07) is 13.2. The number of halogens is 2. The zero-order valence-electron chi connectivity index (χ0n) is 9.94. The molecule has 1 amide bonds. The number of carbonyl (C=O) groups excluding carboxylic acids is 1. The predicted octanol–water partition coefficient (Wildman–Crippen LogP) is 3.63. The predicted molar refractivity (Wildman–Crippen MR) is 78.5 cm³/mol. The van der Waals surface area contributed by atoms with Crippen LogP contribution in [0.25, 0.3) is 0 Å². The Bertz CT molecular complexity index is 587. The molecule has 3 nitrogen and oxygen atoms in total. The van der Waals surface area contributed by atoms with Crippen molar-refractivity contribution in [3.63, 3.8) is 0 Å². The monoisotopic (exact) mass is 294 g/mol. The van der Waals surface area contributed by atoms with E-state index in [0.29, 0.717) is 15.7 Å². The van der Waals surface area contributed by atoms with Gasteiger partial charge < -0.3 is 11.1 Å². The SMILES string of the molecule is N[C@@H](C(=O)Nc1ccc(Cl)cc1Cl)c1ccccc1. The van der Waals surface area contributed by atoms with Crippen molar-refractivity contribution in [2.24, 2.45) is 5.73 Å². The van der Waals surface area contributed by atoms with E-state index in [2.05, 4.69) is 5.32 Å². The first-order valence-electron chi connectivity index (χ1n) is 5.64. The molecule has 0 heterocycles. The normalized spacial score (nSPS) is 11.9. The standard InChI is InChI=1S/C14H12Cl2N2O/c15-10-6-7-12(11(16)8-10)18-14(19)13(17)9-4-2-1-3-5-9/h1-8,13H,17H2,(H,18,19)/t13-/m1/s1. The molecule has 0 aliphatic heterocycles. The third-order valence-electron chi connectivity index (χ3n) is 2.63. The molecule has 2 rings (SSSR count). The number of hydrogen-bond acceptors (Lipinski definition) is 2. The largest absolute Gasteiger partial charge is 0.323 e. The Balaban J connectivity index is 2.13. The average molecular weight is 295 g/mol. The van der Waals surface area contributed by atoms with Crippen LogP contribution in [-0.2, 0) is 4.79 Å². The molecule has 2 aromatic carbocycles. The Morgan fingerprint density at radius 1 is 1.11 bits per heavy atom. The Kier molecular flexibility index (Phi) is 4.43. The van der Waals surface area contributed by atoms with Gasteiger partial charge in [0, 0.05) is 5.02 Å². The maximum atomic E-state index is 12.0. The van der Waals surface area contributed by atoms with Gasteiger partial charge in [0.05, 0.1) is 10.7 Å². The van der Waals surface area contributed by atoms with Crippen molar-refractivity contribution in [3.05, 3.63) is 64.1 Å². The van der Waals surface area contributed by atoms with Crippen molar-refractivity contribution in [1.82, 2.24) is 0 Å². The van der Waals surface area contributed by atoms with Crippen molar-refractivity contribution in [3.8, 4) is 0 Å². The van der Waals surface area contributed by atoms with Crippen LogP contribution in [0.3, 0.4) is 0 Å².